The first kappa shape index (κ1) is 50.6. The van der Waals surface area contributed by atoms with Crippen LogP contribution in [-0.2, 0) is 43.2 Å². The smallest absolute Gasteiger partial charge is 0.243 e. The SMILES string of the molecule is N=C(N)NCCC[C@@H](N)C(=O)N[C@H](Cc1ccc2ccccc2c1)C(=O)N[C@@H](Cc1c[nH]c2ccccc12)C(=O)N[C@H](Cc1ccccc1)C(=O)N[C@@H](CCCCNc1ccc2ccccc2n1)C(N)=O. The standard InChI is InChI=1S/C54H62N12O5/c55-41(19-12-28-60-54(57)58)50(68)64-46(31-35-23-24-36-15-4-5-17-38(36)29-35)52(70)66-47(32-39-33-61-43-21-9-7-18-40(39)43)53(71)65-45(30-34-13-2-1-3-14-34)51(69)63-44(49(56)67)22-10-11-27-59-48-26-25-37-16-6-8-20-42(37)62-48/h1-9,13-18,20-21,23-26,29,33,41,44-47,61H,10-12,19,22,27-28,30-32,55H2,(H2,56,67)(H,59,62)(H,63,69)(H,64,68)(H,65,71)(H,66,70)(H4,57,58,60)/t41-,44+,45-,46-,47+/m1/s1. The number of carbonyl (C=O) groups excluding carboxylic acids is 5. The molecular formula is C54H62N12O5. The summed E-state index contributed by atoms with van der Waals surface area (Å²) in [6.07, 6.45) is 4.02. The molecule has 7 rings (SSSR count). The van der Waals surface area contributed by atoms with Gasteiger partial charge in [0.2, 0.25) is 29.5 Å². The molecule has 71 heavy (non-hydrogen) atoms. The van der Waals surface area contributed by atoms with Crippen LogP contribution in [0.5, 0.6) is 0 Å². The van der Waals surface area contributed by atoms with E-state index in [-0.39, 0.29) is 38.1 Å². The number of primary amides is 1. The van der Waals surface area contributed by atoms with Gasteiger partial charge in [-0.2, -0.15) is 0 Å². The largest absolute Gasteiger partial charge is 0.370 e. The third-order valence-corrected chi connectivity index (χ3v) is 12.4. The number of carbonyl (C=O) groups is 5. The topological polar surface area (TPSA) is 288 Å². The molecule has 14 N–H and O–H groups in total. The molecule has 0 aliphatic heterocycles. The first-order chi connectivity index (χ1) is 34.4. The maximum atomic E-state index is 14.8. The molecule has 5 amide bonds. The van der Waals surface area contributed by atoms with Gasteiger partial charge in [0, 0.05) is 54.8 Å². The second kappa shape index (κ2) is 24.8. The number of guanidine groups is 1. The maximum absolute atomic E-state index is 14.8. The Hall–Kier alpha value is -8.31. The normalized spacial score (nSPS) is 13.3. The molecular weight excluding hydrogens is 897 g/mol. The molecule has 0 saturated carbocycles. The monoisotopic (exact) mass is 958 g/mol. The molecule has 2 heterocycles. The van der Waals surface area contributed by atoms with Crippen LogP contribution in [0.2, 0.25) is 0 Å². The number of amides is 5. The minimum absolute atomic E-state index is 0.00718. The Morgan fingerprint density at radius 1 is 0.563 bits per heavy atom. The molecule has 0 fully saturated rings. The van der Waals surface area contributed by atoms with Gasteiger partial charge in [-0.05, 0) is 83.8 Å². The van der Waals surface area contributed by atoms with Gasteiger partial charge in [-0.25, -0.2) is 4.98 Å². The van der Waals surface area contributed by atoms with Gasteiger partial charge in [-0.3, -0.25) is 29.4 Å². The van der Waals surface area contributed by atoms with E-state index in [1.54, 1.807) is 6.20 Å². The lowest BCUT2D eigenvalue weighted by Crippen LogP contribution is -2.59. The van der Waals surface area contributed by atoms with Crippen molar-refractivity contribution in [3.05, 3.63) is 156 Å². The first-order valence-electron chi connectivity index (χ1n) is 23.9. The van der Waals surface area contributed by atoms with Gasteiger partial charge in [-0.1, -0.05) is 109 Å². The first-order valence-corrected chi connectivity index (χ1v) is 23.9. The predicted molar refractivity (Wildman–Crippen MR) is 278 cm³/mol. The van der Waals surface area contributed by atoms with E-state index >= 15 is 0 Å². The van der Waals surface area contributed by atoms with Crippen LogP contribution < -0.4 is 49.1 Å². The lowest BCUT2D eigenvalue weighted by molar-refractivity contribution is -0.134. The number of H-pyrrole nitrogens is 1. The molecule has 7 aromatic rings. The van der Waals surface area contributed by atoms with E-state index < -0.39 is 59.7 Å². The molecule has 5 atom stereocenters. The van der Waals surface area contributed by atoms with Gasteiger partial charge >= 0.3 is 0 Å². The lowest BCUT2D eigenvalue weighted by Gasteiger charge is -2.27. The van der Waals surface area contributed by atoms with Crippen LogP contribution in [0.15, 0.2) is 140 Å². The number of nitrogens with two attached hydrogens (primary N) is 3. The Morgan fingerprint density at radius 3 is 1.90 bits per heavy atom. The van der Waals surface area contributed by atoms with Gasteiger partial charge in [0.05, 0.1) is 11.6 Å². The lowest BCUT2D eigenvalue weighted by atomic mass is 9.99. The number of aromatic amines is 1. The fraction of sp³-hybridized carbons (Fsp3) is 0.278. The summed E-state index contributed by atoms with van der Waals surface area (Å²) in [5, 5.41) is 28.7. The number of nitrogens with zero attached hydrogens (tertiary/aromatic N) is 1. The third-order valence-electron chi connectivity index (χ3n) is 12.4. The van der Waals surface area contributed by atoms with Crippen LogP contribution in [0.3, 0.4) is 0 Å². The number of pyridine rings is 1. The molecule has 0 saturated heterocycles. The van der Waals surface area contributed by atoms with Gasteiger partial charge in [-0.15, -0.1) is 0 Å². The Kier molecular flexibility index (Phi) is 17.7. The average molecular weight is 959 g/mol. The van der Waals surface area contributed by atoms with E-state index in [1.807, 2.05) is 133 Å². The van der Waals surface area contributed by atoms with Crippen LogP contribution in [0.25, 0.3) is 32.6 Å². The van der Waals surface area contributed by atoms with Crippen molar-refractivity contribution in [2.24, 2.45) is 17.2 Å². The molecule has 0 aliphatic rings. The number of rotatable bonds is 25. The van der Waals surface area contributed by atoms with Crippen molar-refractivity contribution in [1.82, 2.24) is 36.6 Å². The Balaban J connectivity index is 1.09. The quantitative estimate of drug-likeness (QED) is 0.0221. The number of anilines is 1. The zero-order chi connectivity index (χ0) is 50.1. The van der Waals surface area contributed by atoms with Gasteiger partial charge < -0.3 is 54.1 Å². The zero-order valence-corrected chi connectivity index (χ0v) is 39.5. The van der Waals surface area contributed by atoms with Crippen molar-refractivity contribution in [3.63, 3.8) is 0 Å². The van der Waals surface area contributed by atoms with E-state index in [1.165, 1.54) is 0 Å². The number of nitrogens with one attached hydrogen (secondary N) is 8. The van der Waals surface area contributed by atoms with E-state index in [2.05, 4.69) is 41.9 Å². The van der Waals surface area contributed by atoms with Crippen molar-refractivity contribution in [2.75, 3.05) is 18.4 Å². The maximum Gasteiger partial charge on any atom is 0.243 e. The fourth-order valence-electron chi connectivity index (χ4n) is 8.51. The number of fused-ring (bicyclic) bond motifs is 3. The van der Waals surface area contributed by atoms with E-state index in [0.717, 1.165) is 55.1 Å². The van der Waals surface area contributed by atoms with Crippen LogP contribution in [0.4, 0.5) is 5.82 Å². The van der Waals surface area contributed by atoms with Crippen LogP contribution in [-0.4, -0.2) is 88.8 Å². The second-order valence-corrected chi connectivity index (χ2v) is 17.7. The molecule has 0 unspecified atom stereocenters. The summed E-state index contributed by atoms with van der Waals surface area (Å²) in [5.74, 6) is -2.72. The van der Waals surface area contributed by atoms with Crippen LogP contribution in [0, 0.1) is 5.41 Å². The number of hydrogen-bond donors (Lipinski definition) is 11. The summed E-state index contributed by atoms with van der Waals surface area (Å²) in [7, 11) is 0. The third kappa shape index (κ3) is 14.6. The fourth-order valence-corrected chi connectivity index (χ4v) is 8.51. The minimum atomic E-state index is -1.26. The highest BCUT2D eigenvalue weighted by Gasteiger charge is 2.33. The summed E-state index contributed by atoms with van der Waals surface area (Å²) in [4.78, 5) is 78.2. The number of aromatic nitrogens is 2. The van der Waals surface area contributed by atoms with Crippen LogP contribution in [0.1, 0.15) is 48.8 Å². The highest BCUT2D eigenvalue weighted by Crippen LogP contribution is 2.21. The summed E-state index contributed by atoms with van der Waals surface area (Å²) in [6.45, 7) is 0.901. The van der Waals surface area contributed by atoms with Crippen molar-refractivity contribution in [1.29, 1.82) is 5.41 Å². The molecule has 0 radical (unpaired) electrons. The summed E-state index contributed by atoms with van der Waals surface area (Å²) in [5.41, 5.74) is 21.5. The molecule has 5 aromatic carbocycles. The van der Waals surface area contributed by atoms with E-state index in [4.69, 9.17) is 22.6 Å². The summed E-state index contributed by atoms with van der Waals surface area (Å²) < 4.78 is 0. The average Bonchev–Trinajstić information content (AvgIpc) is 3.78. The molecule has 2 aromatic heterocycles. The highest BCUT2D eigenvalue weighted by atomic mass is 16.2. The summed E-state index contributed by atoms with van der Waals surface area (Å²) >= 11 is 0. The van der Waals surface area contributed by atoms with E-state index in [9.17, 15) is 24.0 Å². The summed E-state index contributed by atoms with van der Waals surface area (Å²) in [6, 6.07) is 36.3. The second-order valence-electron chi connectivity index (χ2n) is 17.7. The van der Waals surface area contributed by atoms with Crippen molar-refractivity contribution < 1.29 is 24.0 Å². The Bertz CT molecular complexity index is 2960. The van der Waals surface area contributed by atoms with Gasteiger partial charge in [0.1, 0.15) is 30.0 Å². The van der Waals surface area contributed by atoms with E-state index in [0.29, 0.717) is 32.4 Å². The van der Waals surface area contributed by atoms with Crippen LogP contribution >= 0.6 is 0 Å². The molecule has 17 nitrogen and oxygen atoms in total. The molecule has 368 valence electrons. The molecule has 0 bridgehead atoms. The predicted octanol–water partition coefficient (Wildman–Crippen LogP) is 4.19. The van der Waals surface area contributed by atoms with Crippen molar-refractivity contribution >= 4 is 73.9 Å². The molecule has 17 heteroatoms. The highest BCUT2D eigenvalue weighted by molar-refractivity contribution is 5.97. The minimum Gasteiger partial charge on any atom is -0.370 e. The Morgan fingerprint density at radius 2 is 1.17 bits per heavy atom. The van der Waals surface area contributed by atoms with Crippen molar-refractivity contribution in [2.45, 2.75) is 81.6 Å². The number of benzene rings is 5. The van der Waals surface area contributed by atoms with Gasteiger partial charge in [0.15, 0.2) is 5.96 Å². The van der Waals surface area contributed by atoms with Gasteiger partial charge in [0.25, 0.3) is 0 Å². The molecule has 0 aliphatic carbocycles. The van der Waals surface area contributed by atoms with Crippen molar-refractivity contribution in [3.8, 4) is 0 Å². The Labute approximate surface area is 412 Å². The number of unbranched alkanes of at least 4 members (excludes halogenated alkanes) is 1. The number of hydrogen-bond acceptors (Lipinski definition) is 9. The molecule has 0 spiro atoms. The number of para-hydroxylation sites is 2. The zero-order valence-electron chi connectivity index (χ0n) is 39.5.